The summed E-state index contributed by atoms with van der Waals surface area (Å²) in [5, 5.41) is 0. The van der Waals surface area contributed by atoms with E-state index in [-0.39, 0.29) is 24.1 Å². The lowest BCUT2D eigenvalue weighted by molar-refractivity contribution is 0.0754. The standard InChI is InChI=1S/C16H17NO5S/c1-11-4-3-5-15(6-11)23(19,20)17-9-14(10-17)22-13-7-12(2)21-16(18)8-13/h3-8,14H,9-10H2,1-2H3. The van der Waals surface area contributed by atoms with Gasteiger partial charge in [-0.05, 0) is 31.5 Å². The molecule has 1 fully saturated rings. The molecule has 2 heterocycles. The Labute approximate surface area is 134 Å². The van der Waals surface area contributed by atoms with Crippen LogP contribution in [-0.2, 0) is 10.0 Å². The minimum Gasteiger partial charge on any atom is -0.487 e. The predicted octanol–water partition coefficient (Wildman–Crippen LogP) is 1.71. The van der Waals surface area contributed by atoms with Gasteiger partial charge in [-0.2, -0.15) is 4.31 Å². The summed E-state index contributed by atoms with van der Waals surface area (Å²) < 4.78 is 36.8. The highest BCUT2D eigenvalue weighted by Gasteiger charge is 2.38. The Balaban J connectivity index is 1.68. The van der Waals surface area contributed by atoms with Crippen molar-refractivity contribution in [2.24, 2.45) is 0 Å². The Kier molecular flexibility index (Phi) is 3.99. The lowest BCUT2D eigenvalue weighted by Crippen LogP contribution is -2.56. The second kappa shape index (κ2) is 5.82. The summed E-state index contributed by atoms with van der Waals surface area (Å²) in [6, 6.07) is 9.67. The van der Waals surface area contributed by atoms with E-state index < -0.39 is 15.6 Å². The van der Waals surface area contributed by atoms with Crippen LogP contribution in [0.2, 0.25) is 0 Å². The van der Waals surface area contributed by atoms with E-state index in [1.54, 1.807) is 31.2 Å². The number of benzene rings is 1. The molecule has 0 spiro atoms. The molecule has 7 heteroatoms. The van der Waals surface area contributed by atoms with E-state index in [1.807, 2.05) is 13.0 Å². The summed E-state index contributed by atoms with van der Waals surface area (Å²) in [7, 11) is -3.49. The van der Waals surface area contributed by atoms with E-state index in [0.717, 1.165) is 5.56 Å². The van der Waals surface area contributed by atoms with E-state index in [1.165, 1.54) is 10.4 Å². The van der Waals surface area contributed by atoms with Gasteiger partial charge in [0.25, 0.3) is 0 Å². The third-order valence-electron chi connectivity index (χ3n) is 3.61. The van der Waals surface area contributed by atoms with Crippen molar-refractivity contribution in [2.45, 2.75) is 24.8 Å². The van der Waals surface area contributed by atoms with E-state index in [2.05, 4.69) is 0 Å². The Morgan fingerprint density at radius 3 is 2.57 bits per heavy atom. The van der Waals surface area contributed by atoms with Crippen molar-refractivity contribution in [3.05, 3.63) is 58.1 Å². The molecule has 0 radical (unpaired) electrons. The van der Waals surface area contributed by atoms with Crippen LogP contribution in [0.4, 0.5) is 0 Å². The largest absolute Gasteiger partial charge is 0.487 e. The summed E-state index contributed by atoms with van der Waals surface area (Å²) in [6.07, 6.45) is -0.268. The molecule has 1 aromatic carbocycles. The van der Waals surface area contributed by atoms with Crippen molar-refractivity contribution in [3.8, 4) is 5.75 Å². The number of rotatable bonds is 4. The molecule has 0 unspecified atom stereocenters. The van der Waals surface area contributed by atoms with Crippen molar-refractivity contribution in [3.63, 3.8) is 0 Å². The Hall–Kier alpha value is -2.12. The summed E-state index contributed by atoms with van der Waals surface area (Å²) >= 11 is 0. The van der Waals surface area contributed by atoms with Gasteiger partial charge in [-0.1, -0.05) is 12.1 Å². The molecule has 1 aromatic heterocycles. The molecular weight excluding hydrogens is 318 g/mol. The fraction of sp³-hybridized carbons (Fsp3) is 0.312. The molecule has 23 heavy (non-hydrogen) atoms. The van der Waals surface area contributed by atoms with Crippen LogP contribution in [0.1, 0.15) is 11.3 Å². The maximum Gasteiger partial charge on any atom is 0.339 e. The van der Waals surface area contributed by atoms with Gasteiger partial charge in [-0.15, -0.1) is 0 Å². The minimum atomic E-state index is -3.49. The summed E-state index contributed by atoms with van der Waals surface area (Å²) in [6.45, 7) is 4.03. The first-order chi connectivity index (χ1) is 10.8. The van der Waals surface area contributed by atoms with Gasteiger partial charge in [0.2, 0.25) is 10.0 Å². The molecule has 122 valence electrons. The molecule has 1 saturated heterocycles. The molecule has 1 aliphatic rings. The van der Waals surface area contributed by atoms with Crippen molar-refractivity contribution in [2.75, 3.05) is 13.1 Å². The number of hydrogen-bond acceptors (Lipinski definition) is 5. The lowest BCUT2D eigenvalue weighted by Gasteiger charge is -2.37. The molecule has 2 aromatic rings. The molecule has 0 saturated carbocycles. The lowest BCUT2D eigenvalue weighted by atomic mass is 10.2. The average Bonchev–Trinajstić information content (AvgIpc) is 2.41. The molecule has 6 nitrogen and oxygen atoms in total. The van der Waals surface area contributed by atoms with E-state index in [4.69, 9.17) is 9.15 Å². The number of nitrogens with zero attached hydrogens (tertiary/aromatic N) is 1. The van der Waals surface area contributed by atoms with Gasteiger partial charge < -0.3 is 9.15 Å². The molecule has 3 rings (SSSR count). The second-order valence-corrected chi connectivity index (χ2v) is 7.54. The van der Waals surface area contributed by atoms with E-state index >= 15 is 0 Å². The smallest absolute Gasteiger partial charge is 0.339 e. The van der Waals surface area contributed by atoms with Crippen molar-refractivity contribution < 1.29 is 17.6 Å². The highest BCUT2D eigenvalue weighted by molar-refractivity contribution is 7.89. The Morgan fingerprint density at radius 2 is 1.91 bits per heavy atom. The van der Waals surface area contributed by atoms with E-state index in [0.29, 0.717) is 11.5 Å². The number of sulfonamides is 1. The van der Waals surface area contributed by atoms with Crippen molar-refractivity contribution >= 4 is 10.0 Å². The molecule has 0 amide bonds. The molecule has 0 bridgehead atoms. The first kappa shape index (κ1) is 15.8. The minimum absolute atomic E-state index is 0.259. The van der Waals surface area contributed by atoms with Crippen LogP contribution in [-0.4, -0.2) is 31.9 Å². The zero-order chi connectivity index (χ0) is 16.6. The fourth-order valence-electron chi connectivity index (χ4n) is 2.43. The highest BCUT2D eigenvalue weighted by Crippen LogP contribution is 2.25. The van der Waals surface area contributed by atoms with Crippen molar-refractivity contribution in [1.82, 2.24) is 4.31 Å². The van der Waals surface area contributed by atoms with Crippen LogP contribution in [0.3, 0.4) is 0 Å². The topological polar surface area (TPSA) is 76.8 Å². The maximum atomic E-state index is 12.5. The quantitative estimate of drug-likeness (QED) is 0.850. The molecule has 0 aliphatic carbocycles. The number of ether oxygens (including phenoxy) is 1. The first-order valence-corrected chi connectivity index (χ1v) is 8.64. The number of hydrogen-bond donors (Lipinski definition) is 0. The summed E-state index contributed by atoms with van der Waals surface area (Å²) in [4.78, 5) is 11.6. The van der Waals surface area contributed by atoms with Gasteiger partial charge in [0.05, 0.1) is 24.1 Å². The monoisotopic (exact) mass is 335 g/mol. The van der Waals surface area contributed by atoms with Crippen LogP contribution in [0, 0.1) is 13.8 Å². The van der Waals surface area contributed by atoms with Gasteiger partial charge in [-0.25, -0.2) is 13.2 Å². The normalized spacial score (nSPS) is 16.1. The summed E-state index contributed by atoms with van der Waals surface area (Å²) in [5.74, 6) is 0.854. The second-order valence-electron chi connectivity index (χ2n) is 5.60. The highest BCUT2D eigenvalue weighted by atomic mass is 32.2. The van der Waals surface area contributed by atoms with Gasteiger partial charge >= 0.3 is 5.63 Å². The van der Waals surface area contributed by atoms with Crippen LogP contribution in [0.15, 0.2) is 50.5 Å². The third kappa shape index (κ3) is 3.30. The Morgan fingerprint density at radius 1 is 1.17 bits per heavy atom. The molecule has 1 aliphatic heterocycles. The fourth-order valence-corrected chi connectivity index (χ4v) is 4.04. The predicted molar refractivity (Wildman–Crippen MR) is 84.1 cm³/mol. The SMILES string of the molecule is Cc1cccc(S(=O)(=O)N2CC(Oc3cc(C)oc(=O)c3)C2)c1. The third-order valence-corrected chi connectivity index (χ3v) is 5.44. The number of aryl methyl sites for hydroxylation is 2. The molecular formula is C16H17NO5S. The van der Waals surface area contributed by atoms with Gasteiger partial charge in [-0.3, -0.25) is 0 Å². The van der Waals surface area contributed by atoms with Gasteiger partial charge in [0.1, 0.15) is 17.6 Å². The average molecular weight is 335 g/mol. The maximum absolute atomic E-state index is 12.5. The summed E-state index contributed by atoms with van der Waals surface area (Å²) in [5.41, 5.74) is 0.412. The van der Waals surface area contributed by atoms with Crippen molar-refractivity contribution in [1.29, 1.82) is 0 Å². The Bertz CT molecular complexity index is 881. The zero-order valence-electron chi connectivity index (χ0n) is 12.9. The molecule has 0 atom stereocenters. The van der Waals surface area contributed by atoms with Gasteiger partial charge in [0, 0.05) is 6.07 Å². The van der Waals surface area contributed by atoms with Crippen LogP contribution in [0.25, 0.3) is 0 Å². The van der Waals surface area contributed by atoms with E-state index in [9.17, 15) is 13.2 Å². The van der Waals surface area contributed by atoms with Crippen LogP contribution in [0.5, 0.6) is 5.75 Å². The zero-order valence-corrected chi connectivity index (χ0v) is 13.7. The van der Waals surface area contributed by atoms with Gasteiger partial charge in [0.15, 0.2) is 0 Å². The first-order valence-electron chi connectivity index (χ1n) is 7.20. The van der Waals surface area contributed by atoms with Crippen LogP contribution < -0.4 is 10.4 Å². The molecule has 0 N–H and O–H groups in total. The van der Waals surface area contributed by atoms with Crippen LogP contribution >= 0.6 is 0 Å².